The van der Waals surface area contributed by atoms with E-state index in [9.17, 15) is 14.3 Å². The molecule has 1 aromatic heterocycles. The fraction of sp³-hybridized carbons (Fsp3) is 0.286. The molecule has 0 bridgehead atoms. The molecule has 0 aliphatic heterocycles. The van der Waals surface area contributed by atoms with Crippen LogP contribution in [0.1, 0.15) is 23.1 Å². The minimum Gasteiger partial charge on any atom is -0.494 e. The highest BCUT2D eigenvalue weighted by molar-refractivity contribution is 5.75. The van der Waals surface area contributed by atoms with Gasteiger partial charge in [-0.05, 0) is 24.6 Å². The molecule has 1 unspecified atom stereocenters. The normalized spacial score (nSPS) is 12.1. The third-order valence-corrected chi connectivity index (χ3v) is 2.92. The van der Waals surface area contributed by atoms with Crippen LogP contribution in [0.3, 0.4) is 0 Å². The van der Waals surface area contributed by atoms with Crippen molar-refractivity contribution in [2.45, 2.75) is 19.5 Å². The average Bonchev–Trinajstić information content (AvgIpc) is 2.84. The molecule has 2 rings (SSSR count). The first-order valence-corrected chi connectivity index (χ1v) is 6.23. The van der Waals surface area contributed by atoms with E-state index in [2.05, 4.69) is 10.5 Å². The summed E-state index contributed by atoms with van der Waals surface area (Å²) in [5.74, 6) is -1.02. The summed E-state index contributed by atoms with van der Waals surface area (Å²) in [6, 6.07) is 4.67. The number of hydrogen-bond donors (Lipinski definition) is 2. The first-order chi connectivity index (χ1) is 10.0. The van der Waals surface area contributed by atoms with E-state index in [1.54, 1.807) is 13.0 Å². The lowest BCUT2D eigenvalue weighted by molar-refractivity contribution is -0.139. The van der Waals surface area contributed by atoms with Crippen molar-refractivity contribution in [1.82, 2.24) is 10.5 Å². The molecule has 0 fully saturated rings. The topological polar surface area (TPSA) is 84.6 Å². The van der Waals surface area contributed by atoms with Crippen molar-refractivity contribution in [3.63, 3.8) is 0 Å². The lowest BCUT2D eigenvalue weighted by Gasteiger charge is -2.14. The molecule has 0 saturated carbocycles. The molecule has 0 spiro atoms. The van der Waals surface area contributed by atoms with Gasteiger partial charge in [0, 0.05) is 12.6 Å². The Morgan fingerprint density at radius 1 is 1.52 bits per heavy atom. The Kier molecular flexibility index (Phi) is 4.54. The van der Waals surface area contributed by atoms with E-state index in [-0.39, 0.29) is 12.3 Å². The van der Waals surface area contributed by atoms with Crippen molar-refractivity contribution in [3.8, 4) is 5.75 Å². The molecule has 0 radical (unpaired) electrons. The van der Waals surface area contributed by atoms with Gasteiger partial charge in [-0.2, -0.15) is 0 Å². The van der Waals surface area contributed by atoms with Crippen LogP contribution in [0.15, 0.2) is 28.8 Å². The van der Waals surface area contributed by atoms with E-state index in [1.807, 2.05) is 0 Å². The summed E-state index contributed by atoms with van der Waals surface area (Å²) in [5, 5.41) is 15.8. The zero-order valence-corrected chi connectivity index (χ0v) is 11.6. The molecular formula is C14H15FN2O4. The fourth-order valence-electron chi connectivity index (χ4n) is 1.92. The maximum absolute atomic E-state index is 13.7. The van der Waals surface area contributed by atoms with Crippen LogP contribution in [0.25, 0.3) is 0 Å². The summed E-state index contributed by atoms with van der Waals surface area (Å²) in [6.07, 6.45) is 0. The predicted molar refractivity (Wildman–Crippen MR) is 71.4 cm³/mol. The molecule has 0 amide bonds. The third kappa shape index (κ3) is 3.57. The summed E-state index contributed by atoms with van der Waals surface area (Å²) in [6.45, 7) is 1.94. The number of aryl methyl sites for hydroxylation is 1. The molecule has 6 nitrogen and oxygen atoms in total. The lowest BCUT2D eigenvalue weighted by atomic mass is 10.1. The summed E-state index contributed by atoms with van der Waals surface area (Å²) < 4.78 is 23.4. The molecule has 0 aliphatic carbocycles. The van der Waals surface area contributed by atoms with E-state index >= 15 is 0 Å². The molecule has 2 aromatic rings. The van der Waals surface area contributed by atoms with E-state index in [0.717, 1.165) is 6.07 Å². The number of rotatable bonds is 6. The van der Waals surface area contributed by atoms with Crippen molar-refractivity contribution in [2.24, 2.45) is 0 Å². The van der Waals surface area contributed by atoms with Gasteiger partial charge in [0.2, 0.25) is 0 Å². The fourth-order valence-corrected chi connectivity index (χ4v) is 1.92. The van der Waals surface area contributed by atoms with Gasteiger partial charge in [-0.3, -0.25) is 10.1 Å². The minimum absolute atomic E-state index is 0.0648. The van der Waals surface area contributed by atoms with E-state index in [0.29, 0.717) is 17.0 Å². The molecule has 112 valence electrons. The van der Waals surface area contributed by atoms with Crippen LogP contribution in [0, 0.1) is 12.7 Å². The Balaban J connectivity index is 2.15. The number of nitrogens with zero attached hydrogens (tertiary/aromatic N) is 1. The highest BCUT2D eigenvalue weighted by Gasteiger charge is 2.21. The second-order valence-electron chi connectivity index (χ2n) is 4.48. The van der Waals surface area contributed by atoms with E-state index < -0.39 is 17.8 Å². The maximum atomic E-state index is 13.7. The number of carboxylic acids is 1. The Morgan fingerprint density at radius 2 is 2.29 bits per heavy atom. The number of aliphatic carboxylic acids is 1. The van der Waals surface area contributed by atoms with Crippen molar-refractivity contribution < 1.29 is 23.6 Å². The van der Waals surface area contributed by atoms with Gasteiger partial charge in [0.15, 0.2) is 11.6 Å². The molecule has 1 atom stereocenters. The molecule has 2 N–H and O–H groups in total. The van der Waals surface area contributed by atoms with E-state index in [4.69, 9.17) is 9.26 Å². The van der Waals surface area contributed by atoms with Crippen LogP contribution in [-0.4, -0.2) is 23.3 Å². The zero-order chi connectivity index (χ0) is 15.4. The number of nitrogens with one attached hydrogen (secondary N) is 1. The number of aromatic nitrogens is 1. The van der Waals surface area contributed by atoms with Crippen LogP contribution in [0.5, 0.6) is 5.75 Å². The molecule has 1 heterocycles. The van der Waals surface area contributed by atoms with Gasteiger partial charge in [0.1, 0.15) is 11.8 Å². The number of carbonyl (C=O) groups is 1. The predicted octanol–water partition coefficient (Wildman–Crippen LogP) is 2.05. The summed E-state index contributed by atoms with van der Waals surface area (Å²) in [5.41, 5.74) is 0.869. The van der Waals surface area contributed by atoms with Gasteiger partial charge in [0.05, 0.1) is 12.8 Å². The minimum atomic E-state index is -1.11. The molecule has 1 aromatic carbocycles. The van der Waals surface area contributed by atoms with Gasteiger partial charge < -0.3 is 14.4 Å². The van der Waals surface area contributed by atoms with Crippen LogP contribution >= 0.6 is 0 Å². The van der Waals surface area contributed by atoms with Gasteiger partial charge in [-0.1, -0.05) is 11.2 Å². The Labute approximate surface area is 120 Å². The molecule has 0 saturated heterocycles. The smallest absolute Gasteiger partial charge is 0.325 e. The largest absolute Gasteiger partial charge is 0.494 e. The zero-order valence-electron chi connectivity index (χ0n) is 11.6. The summed E-state index contributed by atoms with van der Waals surface area (Å²) in [4.78, 5) is 11.3. The maximum Gasteiger partial charge on any atom is 0.325 e. The van der Waals surface area contributed by atoms with Crippen molar-refractivity contribution in [2.75, 3.05) is 7.11 Å². The second-order valence-corrected chi connectivity index (χ2v) is 4.48. The number of methoxy groups -OCH3 is 1. The van der Waals surface area contributed by atoms with Crippen LogP contribution in [0.4, 0.5) is 4.39 Å². The van der Waals surface area contributed by atoms with Crippen LogP contribution in [0.2, 0.25) is 0 Å². The number of ether oxygens (including phenoxy) is 1. The van der Waals surface area contributed by atoms with Gasteiger partial charge in [-0.25, -0.2) is 4.39 Å². The van der Waals surface area contributed by atoms with Gasteiger partial charge in [0.25, 0.3) is 0 Å². The van der Waals surface area contributed by atoms with Crippen molar-refractivity contribution >= 4 is 5.97 Å². The van der Waals surface area contributed by atoms with Crippen LogP contribution < -0.4 is 10.1 Å². The Hall–Kier alpha value is -2.41. The first kappa shape index (κ1) is 15.0. The Morgan fingerprint density at radius 3 is 2.81 bits per heavy atom. The van der Waals surface area contributed by atoms with Crippen molar-refractivity contribution in [3.05, 3.63) is 47.1 Å². The number of carboxylic acid groups (broad SMARTS) is 1. The molecule has 0 aliphatic rings. The number of halogens is 1. The quantitative estimate of drug-likeness (QED) is 0.848. The lowest BCUT2D eigenvalue weighted by Crippen LogP contribution is -2.28. The van der Waals surface area contributed by atoms with Crippen LogP contribution in [-0.2, 0) is 11.3 Å². The van der Waals surface area contributed by atoms with Gasteiger partial charge >= 0.3 is 5.97 Å². The SMILES string of the molecule is COc1ccc(C(NCc2cc(C)on2)C(=O)O)cc1F. The third-order valence-electron chi connectivity index (χ3n) is 2.92. The Bertz CT molecular complexity index is 642. The first-order valence-electron chi connectivity index (χ1n) is 6.23. The molecular weight excluding hydrogens is 279 g/mol. The summed E-state index contributed by atoms with van der Waals surface area (Å²) >= 11 is 0. The molecule has 7 heteroatoms. The van der Waals surface area contributed by atoms with Gasteiger partial charge in [-0.15, -0.1) is 0 Å². The standard InChI is InChI=1S/C14H15FN2O4/c1-8-5-10(17-21-8)7-16-13(14(18)19)9-3-4-12(20-2)11(15)6-9/h3-6,13,16H,7H2,1-2H3,(H,18,19). The van der Waals surface area contributed by atoms with Crippen molar-refractivity contribution in [1.29, 1.82) is 0 Å². The highest BCUT2D eigenvalue weighted by atomic mass is 19.1. The highest BCUT2D eigenvalue weighted by Crippen LogP contribution is 2.22. The monoisotopic (exact) mass is 294 g/mol. The number of benzene rings is 1. The average molecular weight is 294 g/mol. The molecule has 21 heavy (non-hydrogen) atoms. The number of hydrogen-bond acceptors (Lipinski definition) is 5. The van der Waals surface area contributed by atoms with E-state index in [1.165, 1.54) is 19.2 Å². The second kappa shape index (κ2) is 6.36. The summed E-state index contributed by atoms with van der Waals surface area (Å²) in [7, 11) is 1.35.